The summed E-state index contributed by atoms with van der Waals surface area (Å²) >= 11 is 0. The molecule has 1 aromatic rings. The summed E-state index contributed by atoms with van der Waals surface area (Å²) in [6, 6.07) is 3.72. The lowest BCUT2D eigenvalue weighted by molar-refractivity contribution is 0.347. The Morgan fingerprint density at radius 3 is 2.14 bits per heavy atom. The molecule has 0 saturated heterocycles. The van der Waals surface area contributed by atoms with E-state index in [1.54, 1.807) is 28.4 Å². The van der Waals surface area contributed by atoms with Crippen LogP contribution in [0.1, 0.15) is 18.9 Å². The van der Waals surface area contributed by atoms with Crippen LogP contribution in [0.4, 0.5) is 0 Å². The quantitative estimate of drug-likeness (QED) is 0.593. The van der Waals surface area contributed by atoms with Gasteiger partial charge in [-0.05, 0) is 12.5 Å². The van der Waals surface area contributed by atoms with E-state index in [4.69, 9.17) is 14.2 Å². The van der Waals surface area contributed by atoms with Crippen LogP contribution < -0.4 is 24.8 Å². The standard InChI is InChI=1S/C15H25N3O3/c1-6-7-17-15(16-2)18-10-11-8-13(20-4)14(21-5)9-12(11)19-3/h8-9H,6-7,10H2,1-5H3,(H2,16,17,18). The summed E-state index contributed by atoms with van der Waals surface area (Å²) in [5.41, 5.74) is 0.967. The molecular weight excluding hydrogens is 270 g/mol. The molecule has 0 aromatic heterocycles. The molecule has 0 spiro atoms. The molecule has 0 bridgehead atoms. The minimum Gasteiger partial charge on any atom is -0.496 e. The van der Waals surface area contributed by atoms with Crippen LogP contribution in [0.3, 0.4) is 0 Å². The van der Waals surface area contributed by atoms with E-state index in [0.29, 0.717) is 18.0 Å². The van der Waals surface area contributed by atoms with E-state index in [1.807, 2.05) is 12.1 Å². The summed E-state index contributed by atoms with van der Waals surface area (Å²) in [4.78, 5) is 4.17. The van der Waals surface area contributed by atoms with E-state index in [9.17, 15) is 0 Å². The first-order chi connectivity index (χ1) is 10.2. The van der Waals surface area contributed by atoms with Gasteiger partial charge in [-0.25, -0.2) is 0 Å². The average Bonchev–Trinajstić information content (AvgIpc) is 2.54. The molecule has 0 radical (unpaired) electrons. The Morgan fingerprint density at radius 1 is 1.00 bits per heavy atom. The number of hydrogen-bond acceptors (Lipinski definition) is 4. The Bertz CT molecular complexity index is 475. The summed E-state index contributed by atoms with van der Waals surface area (Å²) in [6.45, 7) is 3.56. The number of benzene rings is 1. The van der Waals surface area contributed by atoms with Crippen molar-refractivity contribution in [1.29, 1.82) is 0 Å². The highest BCUT2D eigenvalue weighted by atomic mass is 16.5. The van der Waals surface area contributed by atoms with Crippen LogP contribution in [0.25, 0.3) is 0 Å². The minimum absolute atomic E-state index is 0.576. The molecule has 118 valence electrons. The van der Waals surface area contributed by atoms with E-state index in [1.165, 1.54) is 0 Å². The second kappa shape index (κ2) is 8.94. The summed E-state index contributed by atoms with van der Waals surface area (Å²) in [5, 5.41) is 6.47. The second-order valence-corrected chi connectivity index (χ2v) is 4.37. The molecule has 0 aliphatic carbocycles. The fourth-order valence-electron chi connectivity index (χ4n) is 1.87. The number of aliphatic imine (C=N–C) groups is 1. The van der Waals surface area contributed by atoms with Crippen LogP contribution in [-0.2, 0) is 6.54 Å². The Hall–Kier alpha value is -2.11. The third kappa shape index (κ3) is 4.73. The largest absolute Gasteiger partial charge is 0.496 e. The average molecular weight is 295 g/mol. The molecule has 0 heterocycles. The van der Waals surface area contributed by atoms with Crippen molar-refractivity contribution in [2.24, 2.45) is 4.99 Å². The number of guanidine groups is 1. The van der Waals surface area contributed by atoms with Crippen LogP contribution in [-0.4, -0.2) is 40.9 Å². The molecular formula is C15H25N3O3. The molecule has 0 unspecified atom stereocenters. The van der Waals surface area contributed by atoms with E-state index >= 15 is 0 Å². The number of rotatable bonds is 7. The molecule has 1 aromatic carbocycles. The Labute approximate surface area is 126 Å². The maximum atomic E-state index is 5.40. The zero-order valence-corrected chi connectivity index (χ0v) is 13.4. The lowest BCUT2D eigenvalue weighted by Gasteiger charge is -2.16. The fraction of sp³-hybridized carbons (Fsp3) is 0.533. The van der Waals surface area contributed by atoms with Gasteiger partial charge in [0, 0.05) is 31.8 Å². The van der Waals surface area contributed by atoms with E-state index in [2.05, 4.69) is 22.5 Å². The predicted octanol–water partition coefficient (Wildman–Crippen LogP) is 1.79. The molecule has 1 rings (SSSR count). The third-order valence-corrected chi connectivity index (χ3v) is 3.00. The first-order valence-electron chi connectivity index (χ1n) is 6.93. The molecule has 0 aliphatic heterocycles. The number of nitrogens with zero attached hydrogens (tertiary/aromatic N) is 1. The van der Waals surface area contributed by atoms with Crippen LogP contribution in [0.5, 0.6) is 17.2 Å². The summed E-state index contributed by atoms with van der Waals surface area (Å²) in [5.74, 6) is 2.82. The SMILES string of the molecule is CCCNC(=NC)NCc1cc(OC)c(OC)cc1OC. The molecule has 6 heteroatoms. The third-order valence-electron chi connectivity index (χ3n) is 3.00. The van der Waals surface area contributed by atoms with Gasteiger partial charge in [0.1, 0.15) is 5.75 Å². The molecule has 21 heavy (non-hydrogen) atoms. The first kappa shape index (κ1) is 16.9. The van der Waals surface area contributed by atoms with Gasteiger partial charge in [-0.15, -0.1) is 0 Å². The van der Waals surface area contributed by atoms with Gasteiger partial charge in [0.25, 0.3) is 0 Å². The van der Waals surface area contributed by atoms with Crippen LogP contribution in [0.15, 0.2) is 17.1 Å². The number of ether oxygens (including phenoxy) is 3. The van der Waals surface area contributed by atoms with Crippen molar-refractivity contribution in [2.45, 2.75) is 19.9 Å². The highest BCUT2D eigenvalue weighted by molar-refractivity contribution is 5.79. The Balaban J connectivity index is 2.86. The van der Waals surface area contributed by atoms with Crippen LogP contribution in [0, 0.1) is 0 Å². The zero-order valence-electron chi connectivity index (χ0n) is 13.4. The molecule has 0 atom stereocenters. The van der Waals surface area contributed by atoms with Crippen molar-refractivity contribution < 1.29 is 14.2 Å². The Morgan fingerprint density at radius 2 is 1.62 bits per heavy atom. The van der Waals surface area contributed by atoms with Gasteiger partial charge in [0.2, 0.25) is 0 Å². The van der Waals surface area contributed by atoms with Crippen molar-refractivity contribution >= 4 is 5.96 Å². The number of methoxy groups -OCH3 is 3. The van der Waals surface area contributed by atoms with Crippen LogP contribution >= 0.6 is 0 Å². The van der Waals surface area contributed by atoms with Crippen molar-refractivity contribution in [2.75, 3.05) is 34.9 Å². The van der Waals surface area contributed by atoms with E-state index in [0.717, 1.165) is 30.2 Å². The Kier molecular flexibility index (Phi) is 7.21. The van der Waals surface area contributed by atoms with E-state index < -0.39 is 0 Å². The highest BCUT2D eigenvalue weighted by Crippen LogP contribution is 2.34. The van der Waals surface area contributed by atoms with Gasteiger partial charge in [-0.3, -0.25) is 4.99 Å². The van der Waals surface area contributed by atoms with Gasteiger partial charge in [0.05, 0.1) is 21.3 Å². The normalized spacial score (nSPS) is 11.0. The van der Waals surface area contributed by atoms with Crippen LogP contribution in [0.2, 0.25) is 0 Å². The van der Waals surface area contributed by atoms with Crippen molar-refractivity contribution in [3.05, 3.63) is 17.7 Å². The maximum absolute atomic E-state index is 5.40. The van der Waals surface area contributed by atoms with Gasteiger partial charge in [-0.2, -0.15) is 0 Å². The first-order valence-corrected chi connectivity index (χ1v) is 6.93. The lowest BCUT2D eigenvalue weighted by Crippen LogP contribution is -2.37. The molecule has 0 fully saturated rings. The summed E-state index contributed by atoms with van der Waals surface area (Å²) < 4.78 is 16.0. The fourth-order valence-corrected chi connectivity index (χ4v) is 1.87. The van der Waals surface area contributed by atoms with Gasteiger partial charge >= 0.3 is 0 Å². The van der Waals surface area contributed by atoms with Crippen molar-refractivity contribution in [3.63, 3.8) is 0 Å². The van der Waals surface area contributed by atoms with Gasteiger partial charge in [-0.1, -0.05) is 6.92 Å². The lowest BCUT2D eigenvalue weighted by atomic mass is 10.1. The molecule has 6 nitrogen and oxygen atoms in total. The molecule has 2 N–H and O–H groups in total. The summed E-state index contributed by atoms with van der Waals surface area (Å²) in [6.07, 6.45) is 1.04. The highest BCUT2D eigenvalue weighted by Gasteiger charge is 2.12. The zero-order chi connectivity index (χ0) is 15.7. The maximum Gasteiger partial charge on any atom is 0.191 e. The van der Waals surface area contributed by atoms with E-state index in [-0.39, 0.29) is 0 Å². The monoisotopic (exact) mass is 295 g/mol. The molecule has 0 aliphatic rings. The van der Waals surface area contributed by atoms with Gasteiger partial charge < -0.3 is 24.8 Å². The van der Waals surface area contributed by atoms with Crippen molar-refractivity contribution in [3.8, 4) is 17.2 Å². The molecule has 0 amide bonds. The van der Waals surface area contributed by atoms with Gasteiger partial charge in [0.15, 0.2) is 17.5 Å². The predicted molar refractivity (Wildman–Crippen MR) is 84.6 cm³/mol. The van der Waals surface area contributed by atoms with Crippen molar-refractivity contribution in [1.82, 2.24) is 10.6 Å². The topological polar surface area (TPSA) is 64.1 Å². The minimum atomic E-state index is 0.576. The summed E-state index contributed by atoms with van der Waals surface area (Å²) in [7, 11) is 6.60. The second-order valence-electron chi connectivity index (χ2n) is 4.37. The smallest absolute Gasteiger partial charge is 0.191 e. The number of hydrogen-bond donors (Lipinski definition) is 2. The molecule has 0 saturated carbocycles. The number of nitrogens with one attached hydrogen (secondary N) is 2.